The van der Waals surface area contributed by atoms with Crippen LogP contribution in [0.15, 0.2) is 54.9 Å². The van der Waals surface area contributed by atoms with Crippen molar-refractivity contribution in [3.05, 3.63) is 82.4 Å². The number of aryl methyl sites for hydroxylation is 2. The number of hydrogen-bond acceptors (Lipinski definition) is 3. The summed E-state index contributed by atoms with van der Waals surface area (Å²) < 4.78 is 13.2. The second kappa shape index (κ2) is 7.54. The minimum absolute atomic E-state index is 0.0498. The summed E-state index contributed by atoms with van der Waals surface area (Å²) in [5.74, 6) is -0.893. The van der Waals surface area contributed by atoms with Crippen LogP contribution in [-0.4, -0.2) is 10.9 Å². The number of nitrogens with one attached hydrogen (secondary N) is 2. The molecular weight excluding hydrogens is 353 g/mol. The van der Waals surface area contributed by atoms with E-state index in [4.69, 9.17) is 11.6 Å². The summed E-state index contributed by atoms with van der Waals surface area (Å²) in [7, 11) is 0. The van der Waals surface area contributed by atoms with Crippen molar-refractivity contribution in [1.29, 1.82) is 0 Å². The Labute approximate surface area is 156 Å². The standard InChI is InChI=1S/C20H17ClFN3O/c1-12-3-4-13(2)19(7-12)24-16-8-14(10-23-11-16)20(26)25-15-5-6-18(22)17(21)9-15/h3-11,24H,1-2H3,(H,25,26). The molecule has 132 valence electrons. The molecule has 1 aromatic heterocycles. The normalized spacial score (nSPS) is 10.5. The van der Waals surface area contributed by atoms with Gasteiger partial charge in [-0.3, -0.25) is 9.78 Å². The lowest BCUT2D eigenvalue weighted by atomic mass is 10.1. The second-order valence-corrected chi connectivity index (χ2v) is 6.40. The van der Waals surface area contributed by atoms with Crippen molar-refractivity contribution in [2.24, 2.45) is 0 Å². The van der Waals surface area contributed by atoms with Gasteiger partial charge < -0.3 is 10.6 Å². The second-order valence-electron chi connectivity index (χ2n) is 5.99. The molecule has 3 aromatic rings. The zero-order valence-electron chi connectivity index (χ0n) is 14.3. The molecule has 26 heavy (non-hydrogen) atoms. The van der Waals surface area contributed by atoms with E-state index in [1.807, 2.05) is 32.0 Å². The zero-order chi connectivity index (χ0) is 18.7. The fraction of sp³-hybridized carbons (Fsp3) is 0.100. The molecule has 3 rings (SSSR count). The zero-order valence-corrected chi connectivity index (χ0v) is 15.1. The molecule has 0 unspecified atom stereocenters. The molecule has 0 fully saturated rings. The monoisotopic (exact) mass is 369 g/mol. The number of pyridine rings is 1. The van der Waals surface area contributed by atoms with Crippen molar-refractivity contribution in [2.45, 2.75) is 13.8 Å². The van der Waals surface area contributed by atoms with Gasteiger partial charge in [0.15, 0.2) is 0 Å². The third-order valence-electron chi connectivity index (χ3n) is 3.85. The van der Waals surface area contributed by atoms with Crippen LogP contribution in [0, 0.1) is 19.7 Å². The maximum absolute atomic E-state index is 13.2. The molecule has 2 aromatic carbocycles. The average molecular weight is 370 g/mol. The smallest absolute Gasteiger partial charge is 0.257 e. The molecular formula is C20H17ClFN3O. The largest absolute Gasteiger partial charge is 0.354 e. The summed E-state index contributed by atoms with van der Waals surface area (Å²) >= 11 is 5.74. The number of hydrogen-bond donors (Lipinski definition) is 2. The van der Waals surface area contributed by atoms with Gasteiger partial charge in [0.1, 0.15) is 5.82 Å². The number of carbonyl (C=O) groups is 1. The van der Waals surface area contributed by atoms with Gasteiger partial charge in [-0.15, -0.1) is 0 Å². The van der Waals surface area contributed by atoms with Gasteiger partial charge in [-0.25, -0.2) is 4.39 Å². The van der Waals surface area contributed by atoms with E-state index < -0.39 is 5.82 Å². The van der Waals surface area contributed by atoms with Crippen LogP contribution in [-0.2, 0) is 0 Å². The molecule has 2 N–H and O–H groups in total. The molecule has 0 aliphatic heterocycles. The molecule has 0 radical (unpaired) electrons. The molecule has 0 saturated carbocycles. The van der Waals surface area contributed by atoms with Crippen LogP contribution in [0.3, 0.4) is 0 Å². The molecule has 4 nitrogen and oxygen atoms in total. The Bertz CT molecular complexity index is 975. The van der Waals surface area contributed by atoms with Crippen molar-refractivity contribution in [2.75, 3.05) is 10.6 Å². The van der Waals surface area contributed by atoms with Gasteiger partial charge in [-0.05, 0) is 55.3 Å². The Morgan fingerprint density at radius 2 is 1.85 bits per heavy atom. The lowest BCUT2D eigenvalue weighted by molar-refractivity contribution is 0.102. The number of anilines is 3. The minimum atomic E-state index is -0.536. The van der Waals surface area contributed by atoms with Gasteiger partial charge in [0.05, 0.1) is 22.5 Å². The highest BCUT2D eigenvalue weighted by Crippen LogP contribution is 2.23. The van der Waals surface area contributed by atoms with Crippen LogP contribution in [0.25, 0.3) is 0 Å². The highest BCUT2D eigenvalue weighted by Gasteiger charge is 2.10. The molecule has 0 atom stereocenters. The number of benzene rings is 2. The topological polar surface area (TPSA) is 54.0 Å². The van der Waals surface area contributed by atoms with Crippen molar-refractivity contribution in [3.8, 4) is 0 Å². The van der Waals surface area contributed by atoms with E-state index in [9.17, 15) is 9.18 Å². The van der Waals surface area contributed by atoms with Crippen molar-refractivity contribution >= 4 is 34.6 Å². The van der Waals surface area contributed by atoms with Crippen LogP contribution in [0.2, 0.25) is 5.02 Å². The van der Waals surface area contributed by atoms with Gasteiger partial charge in [0, 0.05) is 17.6 Å². The number of halogens is 2. The predicted molar refractivity (Wildman–Crippen MR) is 103 cm³/mol. The molecule has 0 spiro atoms. The maximum Gasteiger partial charge on any atom is 0.257 e. The molecule has 6 heteroatoms. The number of rotatable bonds is 4. The summed E-state index contributed by atoms with van der Waals surface area (Å²) in [6.45, 7) is 4.02. The van der Waals surface area contributed by atoms with E-state index in [1.165, 1.54) is 24.4 Å². The van der Waals surface area contributed by atoms with E-state index in [1.54, 1.807) is 12.3 Å². The van der Waals surface area contributed by atoms with Crippen molar-refractivity contribution in [1.82, 2.24) is 4.98 Å². The summed E-state index contributed by atoms with van der Waals surface area (Å²) in [5, 5.41) is 5.91. The van der Waals surface area contributed by atoms with Gasteiger partial charge in [-0.1, -0.05) is 23.7 Å². The molecule has 1 amide bonds. The van der Waals surface area contributed by atoms with E-state index in [0.717, 1.165) is 16.8 Å². The summed E-state index contributed by atoms with van der Waals surface area (Å²) in [6, 6.07) is 11.8. The molecule has 1 heterocycles. The minimum Gasteiger partial charge on any atom is -0.354 e. The predicted octanol–water partition coefficient (Wildman–Crippen LogP) is 5.49. The highest BCUT2D eigenvalue weighted by molar-refractivity contribution is 6.31. The first-order chi connectivity index (χ1) is 12.4. The number of amides is 1. The Kier molecular flexibility index (Phi) is 5.19. The quantitative estimate of drug-likeness (QED) is 0.639. The van der Waals surface area contributed by atoms with Gasteiger partial charge in [-0.2, -0.15) is 0 Å². The fourth-order valence-corrected chi connectivity index (χ4v) is 2.62. The van der Waals surface area contributed by atoms with Crippen LogP contribution in [0.4, 0.5) is 21.5 Å². The summed E-state index contributed by atoms with van der Waals surface area (Å²) in [4.78, 5) is 16.5. The Hall–Kier alpha value is -2.92. The fourth-order valence-electron chi connectivity index (χ4n) is 2.44. The lowest BCUT2D eigenvalue weighted by Crippen LogP contribution is -2.12. The van der Waals surface area contributed by atoms with Crippen molar-refractivity contribution in [3.63, 3.8) is 0 Å². The SMILES string of the molecule is Cc1ccc(C)c(Nc2cncc(C(=O)Nc3ccc(F)c(Cl)c3)c2)c1. The number of nitrogens with zero attached hydrogens (tertiary/aromatic N) is 1. The maximum atomic E-state index is 13.2. The van der Waals surface area contributed by atoms with Crippen LogP contribution in [0.5, 0.6) is 0 Å². The van der Waals surface area contributed by atoms with Gasteiger partial charge in [0.25, 0.3) is 5.91 Å². The van der Waals surface area contributed by atoms with Crippen LogP contribution < -0.4 is 10.6 Å². The first-order valence-corrected chi connectivity index (χ1v) is 8.36. The van der Waals surface area contributed by atoms with E-state index in [0.29, 0.717) is 16.9 Å². The van der Waals surface area contributed by atoms with E-state index in [2.05, 4.69) is 15.6 Å². The summed E-state index contributed by atoms with van der Waals surface area (Å²) in [5.41, 5.74) is 4.66. The van der Waals surface area contributed by atoms with Crippen LogP contribution in [0.1, 0.15) is 21.5 Å². The van der Waals surface area contributed by atoms with E-state index >= 15 is 0 Å². The first-order valence-electron chi connectivity index (χ1n) is 7.98. The number of aromatic nitrogens is 1. The average Bonchev–Trinajstić information content (AvgIpc) is 2.61. The molecule has 0 bridgehead atoms. The Morgan fingerprint density at radius 3 is 2.62 bits per heavy atom. The molecule has 0 saturated heterocycles. The highest BCUT2D eigenvalue weighted by atomic mass is 35.5. The van der Waals surface area contributed by atoms with Gasteiger partial charge >= 0.3 is 0 Å². The third kappa shape index (κ3) is 4.18. The van der Waals surface area contributed by atoms with Crippen LogP contribution >= 0.6 is 11.6 Å². The number of carbonyl (C=O) groups excluding carboxylic acids is 1. The van der Waals surface area contributed by atoms with E-state index in [-0.39, 0.29) is 10.9 Å². The third-order valence-corrected chi connectivity index (χ3v) is 4.14. The lowest BCUT2D eigenvalue weighted by Gasteiger charge is -2.11. The molecule has 0 aliphatic carbocycles. The van der Waals surface area contributed by atoms with Gasteiger partial charge in [0.2, 0.25) is 0 Å². The first kappa shape index (κ1) is 17.9. The molecule has 0 aliphatic rings. The Morgan fingerprint density at radius 1 is 1.04 bits per heavy atom. The Balaban J connectivity index is 1.78. The summed E-state index contributed by atoms with van der Waals surface area (Å²) in [6.07, 6.45) is 3.11. The van der Waals surface area contributed by atoms with Crippen molar-refractivity contribution < 1.29 is 9.18 Å².